The zero-order valence-electron chi connectivity index (χ0n) is 11.2. The lowest BCUT2D eigenvalue weighted by atomic mass is 10.1. The molecule has 0 saturated carbocycles. The van der Waals surface area contributed by atoms with Crippen LogP contribution in [0.1, 0.15) is 29.2 Å². The number of fused-ring (bicyclic) bond motifs is 1. The van der Waals surface area contributed by atoms with E-state index in [9.17, 15) is 8.78 Å². The predicted molar refractivity (Wildman–Crippen MR) is 80.1 cm³/mol. The summed E-state index contributed by atoms with van der Waals surface area (Å²) in [5, 5.41) is 0. The highest BCUT2D eigenvalue weighted by Gasteiger charge is 2.22. The molecule has 2 N–H and O–H groups in total. The molecule has 0 amide bonds. The van der Waals surface area contributed by atoms with Crippen LogP contribution in [0.15, 0.2) is 34.8 Å². The Hall–Kier alpha value is -1.46. The van der Waals surface area contributed by atoms with Crippen LogP contribution in [0.3, 0.4) is 0 Å². The van der Waals surface area contributed by atoms with Crippen molar-refractivity contribution >= 4 is 15.9 Å². The molecule has 1 atom stereocenters. The van der Waals surface area contributed by atoms with Crippen molar-refractivity contribution in [1.29, 1.82) is 0 Å². The monoisotopic (exact) mass is 353 g/mol. The molecular formula is C16H14BrF2NO. The Bertz CT molecular complexity index is 690. The fourth-order valence-electron chi connectivity index (χ4n) is 2.64. The number of ether oxygens (including phenoxy) is 1. The summed E-state index contributed by atoms with van der Waals surface area (Å²) in [7, 11) is 0. The average molecular weight is 354 g/mol. The van der Waals surface area contributed by atoms with Gasteiger partial charge >= 0.3 is 0 Å². The van der Waals surface area contributed by atoms with Crippen LogP contribution in [-0.2, 0) is 13.0 Å². The van der Waals surface area contributed by atoms with Crippen LogP contribution in [0.2, 0.25) is 0 Å². The first-order valence-electron chi connectivity index (χ1n) is 6.70. The summed E-state index contributed by atoms with van der Waals surface area (Å²) in [5.74, 6) is -0.585. The number of benzene rings is 2. The smallest absolute Gasteiger partial charge is 0.146 e. The zero-order valence-corrected chi connectivity index (χ0v) is 12.8. The van der Waals surface area contributed by atoms with Crippen molar-refractivity contribution in [2.45, 2.75) is 25.5 Å². The zero-order chi connectivity index (χ0) is 15.0. The summed E-state index contributed by atoms with van der Waals surface area (Å²) in [5.41, 5.74) is 8.03. The summed E-state index contributed by atoms with van der Waals surface area (Å²) < 4.78 is 33.5. The molecule has 2 aromatic carbocycles. The molecule has 1 aliphatic rings. The molecule has 0 bridgehead atoms. The van der Waals surface area contributed by atoms with Gasteiger partial charge in [0.25, 0.3) is 0 Å². The maximum atomic E-state index is 13.9. The lowest BCUT2D eigenvalue weighted by Crippen LogP contribution is -2.06. The highest BCUT2D eigenvalue weighted by atomic mass is 79.9. The van der Waals surface area contributed by atoms with E-state index in [1.807, 2.05) is 18.2 Å². The van der Waals surface area contributed by atoms with Crippen molar-refractivity contribution in [3.8, 4) is 5.75 Å². The Morgan fingerprint density at radius 3 is 2.86 bits per heavy atom. The van der Waals surface area contributed by atoms with Crippen LogP contribution in [-0.4, -0.2) is 0 Å². The van der Waals surface area contributed by atoms with Gasteiger partial charge in [0, 0.05) is 6.04 Å². The number of halogens is 3. The van der Waals surface area contributed by atoms with Gasteiger partial charge in [-0.2, -0.15) is 0 Å². The topological polar surface area (TPSA) is 35.2 Å². The quantitative estimate of drug-likeness (QED) is 0.837. The molecule has 1 aliphatic carbocycles. The molecule has 21 heavy (non-hydrogen) atoms. The first-order valence-corrected chi connectivity index (χ1v) is 7.49. The van der Waals surface area contributed by atoms with E-state index in [2.05, 4.69) is 15.9 Å². The fourth-order valence-corrected chi connectivity index (χ4v) is 3.01. The molecule has 110 valence electrons. The standard InChI is InChI=1S/C16H14BrF2NO/c17-12-5-6-13(18)11(16(12)19)8-21-15-3-1-2-9-10(15)4-7-14(9)20/h1-3,5-6,14H,4,7-8,20H2. The van der Waals surface area contributed by atoms with Crippen molar-refractivity contribution in [3.63, 3.8) is 0 Å². The van der Waals surface area contributed by atoms with Crippen molar-refractivity contribution in [2.24, 2.45) is 5.73 Å². The van der Waals surface area contributed by atoms with Crippen molar-refractivity contribution < 1.29 is 13.5 Å². The first kappa shape index (κ1) is 14.5. The molecule has 0 saturated heterocycles. The first-order chi connectivity index (χ1) is 10.1. The second-order valence-corrected chi connectivity index (χ2v) is 5.93. The van der Waals surface area contributed by atoms with E-state index >= 15 is 0 Å². The van der Waals surface area contributed by atoms with Gasteiger partial charge in [-0.15, -0.1) is 0 Å². The Morgan fingerprint density at radius 2 is 2.05 bits per heavy atom. The minimum Gasteiger partial charge on any atom is -0.488 e. The van der Waals surface area contributed by atoms with Gasteiger partial charge in [0.2, 0.25) is 0 Å². The Kier molecular flexibility index (Phi) is 3.95. The number of rotatable bonds is 3. The molecule has 0 aromatic heterocycles. The molecular weight excluding hydrogens is 340 g/mol. The van der Waals surface area contributed by atoms with Crippen molar-refractivity contribution in [2.75, 3.05) is 0 Å². The largest absolute Gasteiger partial charge is 0.488 e. The molecule has 1 unspecified atom stereocenters. The van der Waals surface area contributed by atoms with Gasteiger partial charge in [0.05, 0.1) is 10.0 Å². The average Bonchev–Trinajstić information content (AvgIpc) is 2.86. The van der Waals surface area contributed by atoms with Crippen LogP contribution in [0.5, 0.6) is 5.75 Å². The lowest BCUT2D eigenvalue weighted by molar-refractivity contribution is 0.289. The van der Waals surface area contributed by atoms with E-state index in [1.54, 1.807) is 0 Å². The van der Waals surface area contributed by atoms with Crippen LogP contribution in [0.25, 0.3) is 0 Å². The molecule has 0 fully saturated rings. The molecule has 2 aromatic rings. The molecule has 0 heterocycles. The Labute approximate surface area is 130 Å². The van der Waals surface area contributed by atoms with E-state index < -0.39 is 11.6 Å². The summed E-state index contributed by atoms with van der Waals surface area (Å²) >= 11 is 3.05. The minimum absolute atomic E-state index is 0.0166. The van der Waals surface area contributed by atoms with Gasteiger partial charge in [0.1, 0.15) is 24.0 Å². The maximum Gasteiger partial charge on any atom is 0.146 e. The van der Waals surface area contributed by atoms with Gasteiger partial charge in [0.15, 0.2) is 0 Å². The molecule has 0 aliphatic heterocycles. The van der Waals surface area contributed by atoms with Crippen LogP contribution in [0, 0.1) is 11.6 Å². The van der Waals surface area contributed by atoms with Gasteiger partial charge in [-0.25, -0.2) is 8.78 Å². The second kappa shape index (κ2) is 5.73. The van der Waals surface area contributed by atoms with Crippen LogP contribution >= 0.6 is 15.9 Å². The Balaban J connectivity index is 1.86. The Morgan fingerprint density at radius 1 is 1.24 bits per heavy atom. The van der Waals surface area contributed by atoms with E-state index in [4.69, 9.17) is 10.5 Å². The normalized spacial score (nSPS) is 16.9. The van der Waals surface area contributed by atoms with Crippen LogP contribution < -0.4 is 10.5 Å². The fraction of sp³-hybridized carbons (Fsp3) is 0.250. The molecule has 3 rings (SSSR count). The minimum atomic E-state index is -0.626. The van der Waals surface area contributed by atoms with Gasteiger partial charge < -0.3 is 10.5 Å². The van der Waals surface area contributed by atoms with Gasteiger partial charge in [-0.1, -0.05) is 12.1 Å². The number of hydrogen-bond donors (Lipinski definition) is 1. The maximum absolute atomic E-state index is 13.9. The van der Waals surface area contributed by atoms with E-state index in [-0.39, 0.29) is 22.7 Å². The van der Waals surface area contributed by atoms with Gasteiger partial charge in [-0.05, 0) is 58.1 Å². The predicted octanol–water partition coefficient (Wildman–Crippen LogP) is 4.25. The summed E-state index contributed by atoms with van der Waals surface area (Å²) in [6.07, 6.45) is 1.70. The van der Waals surface area contributed by atoms with E-state index in [0.29, 0.717) is 5.75 Å². The third kappa shape index (κ3) is 2.68. The highest BCUT2D eigenvalue weighted by molar-refractivity contribution is 9.10. The summed E-state index contributed by atoms with van der Waals surface area (Å²) in [6, 6.07) is 8.21. The third-order valence-corrected chi connectivity index (χ3v) is 4.40. The molecule has 0 spiro atoms. The third-order valence-electron chi connectivity index (χ3n) is 3.79. The molecule has 0 radical (unpaired) electrons. The number of hydrogen-bond acceptors (Lipinski definition) is 2. The van der Waals surface area contributed by atoms with Crippen LogP contribution in [0.4, 0.5) is 8.78 Å². The molecule has 5 heteroatoms. The lowest BCUT2D eigenvalue weighted by Gasteiger charge is -2.13. The van der Waals surface area contributed by atoms with E-state index in [1.165, 1.54) is 12.1 Å². The van der Waals surface area contributed by atoms with E-state index in [0.717, 1.165) is 24.0 Å². The number of nitrogens with two attached hydrogens (primary N) is 1. The highest BCUT2D eigenvalue weighted by Crippen LogP contribution is 2.36. The summed E-state index contributed by atoms with van der Waals surface area (Å²) in [4.78, 5) is 0. The summed E-state index contributed by atoms with van der Waals surface area (Å²) in [6.45, 7) is -0.150. The van der Waals surface area contributed by atoms with Crippen molar-refractivity contribution in [3.05, 3.63) is 63.1 Å². The van der Waals surface area contributed by atoms with Crippen molar-refractivity contribution in [1.82, 2.24) is 0 Å². The molecule has 2 nitrogen and oxygen atoms in total. The van der Waals surface area contributed by atoms with Gasteiger partial charge in [-0.3, -0.25) is 0 Å². The second-order valence-electron chi connectivity index (χ2n) is 5.08. The SMILES string of the molecule is NC1CCc2c(OCc3c(F)ccc(Br)c3F)cccc21.